The fourth-order valence-electron chi connectivity index (χ4n) is 3.21. The SMILES string of the molecule is CCC(c1ccc(C)cc1)N(C)C1CCCNCC1. The molecule has 0 spiro atoms. The molecule has 1 heterocycles. The summed E-state index contributed by atoms with van der Waals surface area (Å²) in [6, 6.07) is 10.4. The Morgan fingerprint density at radius 3 is 2.63 bits per heavy atom. The van der Waals surface area contributed by atoms with Gasteiger partial charge >= 0.3 is 0 Å². The van der Waals surface area contributed by atoms with Gasteiger partial charge in [-0.1, -0.05) is 36.8 Å². The number of nitrogens with zero attached hydrogens (tertiary/aromatic N) is 1. The molecule has 0 bridgehead atoms. The van der Waals surface area contributed by atoms with E-state index in [2.05, 4.69) is 55.4 Å². The summed E-state index contributed by atoms with van der Waals surface area (Å²) in [7, 11) is 2.31. The molecule has 2 heteroatoms. The lowest BCUT2D eigenvalue weighted by atomic mass is 9.98. The van der Waals surface area contributed by atoms with Gasteiger partial charge in [-0.15, -0.1) is 0 Å². The van der Waals surface area contributed by atoms with E-state index in [1.807, 2.05) is 0 Å². The number of hydrogen-bond donors (Lipinski definition) is 1. The first-order chi connectivity index (χ1) is 9.22. The lowest BCUT2D eigenvalue weighted by Crippen LogP contribution is -2.35. The van der Waals surface area contributed by atoms with Crippen LogP contribution in [0.2, 0.25) is 0 Å². The van der Waals surface area contributed by atoms with E-state index in [0.29, 0.717) is 6.04 Å². The highest BCUT2D eigenvalue weighted by Gasteiger charge is 2.23. The van der Waals surface area contributed by atoms with Crippen LogP contribution in [0.15, 0.2) is 24.3 Å². The van der Waals surface area contributed by atoms with Crippen molar-refractivity contribution in [2.45, 2.75) is 51.6 Å². The van der Waals surface area contributed by atoms with Crippen LogP contribution in [0.25, 0.3) is 0 Å². The standard InChI is InChI=1S/C17H28N2/c1-4-17(15-9-7-14(2)8-10-15)19(3)16-6-5-12-18-13-11-16/h7-10,16-18H,4-6,11-13H2,1-3H3. The summed E-state index contributed by atoms with van der Waals surface area (Å²) in [4.78, 5) is 2.61. The van der Waals surface area contributed by atoms with Crippen molar-refractivity contribution in [1.29, 1.82) is 0 Å². The molecular weight excluding hydrogens is 232 g/mol. The average Bonchev–Trinajstić information content (AvgIpc) is 2.70. The molecule has 2 rings (SSSR count). The van der Waals surface area contributed by atoms with Crippen LogP contribution < -0.4 is 5.32 Å². The second kappa shape index (κ2) is 7.06. The molecule has 0 radical (unpaired) electrons. The summed E-state index contributed by atoms with van der Waals surface area (Å²) < 4.78 is 0. The lowest BCUT2D eigenvalue weighted by Gasteiger charge is -2.34. The van der Waals surface area contributed by atoms with Gasteiger partial charge in [0.05, 0.1) is 0 Å². The third-order valence-electron chi connectivity index (χ3n) is 4.46. The van der Waals surface area contributed by atoms with E-state index in [9.17, 15) is 0 Å². The molecule has 1 N–H and O–H groups in total. The Hall–Kier alpha value is -0.860. The largest absolute Gasteiger partial charge is 0.317 e. The highest BCUT2D eigenvalue weighted by atomic mass is 15.2. The summed E-state index contributed by atoms with van der Waals surface area (Å²) in [6.07, 6.45) is 5.09. The van der Waals surface area contributed by atoms with Gasteiger partial charge in [-0.2, -0.15) is 0 Å². The highest BCUT2D eigenvalue weighted by Crippen LogP contribution is 2.27. The molecule has 1 aliphatic heterocycles. The average molecular weight is 260 g/mol. The molecule has 1 aliphatic rings. The van der Waals surface area contributed by atoms with E-state index in [1.54, 1.807) is 0 Å². The second-order valence-corrected chi connectivity index (χ2v) is 5.83. The minimum atomic E-state index is 0.559. The van der Waals surface area contributed by atoms with Gasteiger partial charge < -0.3 is 5.32 Å². The smallest absolute Gasteiger partial charge is 0.0345 e. The maximum absolute atomic E-state index is 3.51. The lowest BCUT2D eigenvalue weighted by molar-refractivity contribution is 0.156. The molecule has 0 aromatic heterocycles. The minimum Gasteiger partial charge on any atom is -0.317 e. The van der Waals surface area contributed by atoms with E-state index < -0.39 is 0 Å². The van der Waals surface area contributed by atoms with Gasteiger partial charge in [-0.25, -0.2) is 0 Å². The molecule has 1 aromatic rings. The van der Waals surface area contributed by atoms with Crippen LogP contribution in [0, 0.1) is 6.92 Å². The van der Waals surface area contributed by atoms with Gasteiger partial charge in [-0.3, -0.25) is 4.90 Å². The first-order valence-corrected chi connectivity index (χ1v) is 7.71. The van der Waals surface area contributed by atoms with Crippen molar-refractivity contribution in [3.8, 4) is 0 Å². The van der Waals surface area contributed by atoms with E-state index in [1.165, 1.54) is 49.9 Å². The third-order valence-corrected chi connectivity index (χ3v) is 4.46. The van der Waals surface area contributed by atoms with Crippen molar-refractivity contribution in [2.24, 2.45) is 0 Å². The molecular formula is C17H28N2. The quantitative estimate of drug-likeness (QED) is 0.891. The summed E-state index contributed by atoms with van der Waals surface area (Å²) in [5.41, 5.74) is 2.81. The monoisotopic (exact) mass is 260 g/mol. The Kier molecular flexibility index (Phi) is 5.41. The van der Waals surface area contributed by atoms with Crippen LogP contribution in [0.1, 0.15) is 49.8 Å². The van der Waals surface area contributed by atoms with Crippen LogP contribution in [-0.2, 0) is 0 Å². The Bertz CT molecular complexity index is 363. The van der Waals surface area contributed by atoms with Gasteiger partial charge in [0.1, 0.15) is 0 Å². The van der Waals surface area contributed by atoms with Crippen molar-refractivity contribution < 1.29 is 0 Å². The third kappa shape index (κ3) is 3.80. The fourth-order valence-corrected chi connectivity index (χ4v) is 3.21. The van der Waals surface area contributed by atoms with Crippen LogP contribution >= 0.6 is 0 Å². The van der Waals surface area contributed by atoms with E-state index in [-0.39, 0.29) is 0 Å². The maximum atomic E-state index is 3.51. The zero-order valence-electron chi connectivity index (χ0n) is 12.7. The van der Waals surface area contributed by atoms with E-state index in [4.69, 9.17) is 0 Å². The van der Waals surface area contributed by atoms with Crippen LogP contribution in [-0.4, -0.2) is 31.1 Å². The Morgan fingerprint density at radius 1 is 1.21 bits per heavy atom. The molecule has 2 nitrogen and oxygen atoms in total. The van der Waals surface area contributed by atoms with Crippen molar-refractivity contribution in [1.82, 2.24) is 10.2 Å². The van der Waals surface area contributed by atoms with Gasteiger partial charge in [0.2, 0.25) is 0 Å². The summed E-state index contributed by atoms with van der Waals surface area (Å²) in [5, 5.41) is 3.51. The van der Waals surface area contributed by atoms with Gasteiger partial charge in [-0.05, 0) is 58.3 Å². The molecule has 0 aliphatic carbocycles. The fraction of sp³-hybridized carbons (Fsp3) is 0.647. The molecule has 1 fully saturated rings. The summed E-state index contributed by atoms with van der Waals surface area (Å²) in [6.45, 7) is 6.81. The second-order valence-electron chi connectivity index (χ2n) is 5.83. The molecule has 0 amide bonds. The van der Waals surface area contributed by atoms with Crippen molar-refractivity contribution in [3.63, 3.8) is 0 Å². The summed E-state index contributed by atoms with van der Waals surface area (Å²) in [5.74, 6) is 0. The number of benzene rings is 1. The Balaban J connectivity index is 2.09. The first kappa shape index (κ1) is 14.5. The number of nitrogens with one attached hydrogen (secondary N) is 1. The predicted octanol–water partition coefficient (Wildman–Crippen LogP) is 3.52. The molecule has 2 unspecified atom stereocenters. The first-order valence-electron chi connectivity index (χ1n) is 7.71. The van der Waals surface area contributed by atoms with Gasteiger partial charge in [0.15, 0.2) is 0 Å². The Labute approximate surface area is 118 Å². The van der Waals surface area contributed by atoms with E-state index in [0.717, 1.165) is 6.04 Å². The maximum Gasteiger partial charge on any atom is 0.0345 e. The molecule has 19 heavy (non-hydrogen) atoms. The van der Waals surface area contributed by atoms with Crippen LogP contribution in [0.4, 0.5) is 0 Å². The number of aryl methyl sites for hydroxylation is 1. The topological polar surface area (TPSA) is 15.3 Å². The number of rotatable bonds is 4. The van der Waals surface area contributed by atoms with Crippen molar-refractivity contribution in [3.05, 3.63) is 35.4 Å². The zero-order chi connectivity index (χ0) is 13.7. The minimum absolute atomic E-state index is 0.559. The highest BCUT2D eigenvalue weighted by molar-refractivity contribution is 5.24. The van der Waals surface area contributed by atoms with Crippen LogP contribution in [0.3, 0.4) is 0 Å². The number of hydrogen-bond acceptors (Lipinski definition) is 2. The molecule has 0 saturated carbocycles. The van der Waals surface area contributed by atoms with Crippen LogP contribution in [0.5, 0.6) is 0 Å². The zero-order valence-corrected chi connectivity index (χ0v) is 12.7. The van der Waals surface area contributed by atoms with E-state index >= 15 is 0 Å². The molecule has 2 atom stereocenters. The summed E-state index contributed by atoms with van der Waals surface area (Å²) >= 11 is 0. The van der Waals surface area contributed by atoms with Crippen molar-refractivity contribution in [2.75, 3.05) is 20.1 Å². The normalized spacial score (nSPS) is 22.2. The molecule has 1 aromatic carbocycles. The van der Waals surface area contributed by atoms with Gasteiger partial charge in [0.25, 0.3) is 0 Å². The predicted molar refractivity (Wildman–Crippen MR) is 82.5 cm³/mol. The van der Waals surface area contributed by atoms with Crippen molar-refractivity contribution >= 4 is 0 Å². The van der Waals surface area contributed by atoms with Gasteiger partial charge in [0, 0.05) is 12.1 Å². The Morgan fingerprint density at radius 2 is 1.95 bits per heavy atom. The molecule has 106 valence electrons. The molecule has 1 saturated heterocycles.